The first kappa shape index (κ1) is 19.7. The number of hydrogen-bond donors (Lipinski definition) is 2. The van der Waals surface area contributed by atoms with E-state index in [9.17, 15) is 23.3 Å². The standard InChI is InChI=1S/C17H16N4O5S2/c1-28(25,26)11-6-7-13-15(10-11)27-17(19-13)20-16(22)8-9-18-12-4-2-3-5-14(12)21(23)24/h2-7,10,18H,8-9H2,1H3,(H,19,20,22). The van der Waals surface area contributed by atoms with Crippen molar-refractivity contribution >= 4 is 53.8 Å². The SMILES string of the molecule is CS(=O)(=O)c1ccc2nc(NC(=O)CCNc3ccccc3[N+](=O)[O-])sc2c1. The van der Waals surface area contributed by atoms with Gasteiger partial charge in [0.25, 0.3) is 5.69 Å². The van der Waals surface area contributed by atoms with Crippen LogP contribution in [0.1, 0.15) is 6.42 Å². The van der Waals surface area contributed by atoms with E-state index in [1.54, 1.807) is 24.3 Å². The molecule has 1 aromatic heterocycles. The molecule has 0 bridgehead atoms. The molecule has 1 amide bonds. The summed E-state index contributed by atoms with van der Waals surface area (Å²) in [4.78, 5) is 27.0. The minimum atomic E-state index is -3.32. The Labute approximate surface area is 164 Å². The van der Waals surface area contributed by atoms with Crippen LogP contribution in [0.4, 0.5) is 16.5 Å². The highest BCUT2D eigenvalue weighted by Crippen LogP contribution is 2.28. The molecule has 0 atom stereocenters. The minimum Gasteiger partial charge on any atom is -0.379 e. The molecule has 0 aliphatic rings. The zero-order valence-corrected chi connectivity index (χ0v) is 16.3. The number of fused-ring (bicyclic) bond motifs is 1. The Morgan fingerprint density at radius 3 is 2.71 bits per heavy atom. The molecule has 3 aromatic rings. The van der Waals surface area contributed by atoms with E-state index in [-0.39, 0.29) is 29.5 Å². The third-order valence-electron chi connectivity index (χ3n) is 3.80. The molecule has 11 heteroatoms. The number of nitrogens with zero attached hydrogens (tertiary/aromatic N) is 2. The fourth-order valence-corrected chi connectivity index (χ4v) is 4.11. The Balaban J connectivity index is 1.61. The van der Waals surface area contributed by atoms with Crippen LogP contribution in [0, 0.1) is 10.1 Å². The second-order valence-electron chi connectivity index (χ2n) is 5.92. The second kappa shape index (κ2) is 7.90. The maximum absolute atomic E-state index is 12.1. The molecule has 0 spiro atoms. The number of aromatic nitrogens is 1. The number of carbonyl (C=O) groups is 1. The minimum absolute atomic E-state index is 0.0595. The molecule has 3 rings (SSSR count). The molecule has 0 fully saturated rings. The molecule has 0 unspecified atom stereocenters. The smallest absolute Gasteiger partial charge is 0.292 e. The van der Waals surface area contributed by atoms with Crippen molar-refractivity contribution in [1.29, 1.82) is 0 Å². The Morgan fingerprint density at radius 1 is 1.25 bits per heavy atom. The first-order chi connectivity index (χ1) is 13.2. The summed E-state index contributed by atoms with van der Waals surface area (Å²) in [5, 5.41) is 16.9. The quantitative estimate of drug-likeness (QED) is 0.443. The molecule has 28 heavy (non-hydrogen) atoms. The fraction of sp³-hybridized carbons (Fsp3) is 0.176. The number of thiazole rings is 1. The number of amides is 1. The molecule has 0 aliphatic heterocycles. The van der Waals surface area contributed by atoms with Crippen LogP contribution in [-0.4, -0.2) is 37.0 Å². The monoisotopic (exact) mass is 420 g/mol. The number of benzene rings is 2. The maximum atomic E-state index is 12.1. The van der Waals surface area contributed by atoms with E-state index < -0.39 is 14.8 Å². The fourth-order valence-electron chi connectivity index (χ4n) is 2.46. The molecular formula is C17H16N4O5S2. The van der Waals surface area contributed by atoms with Crippen LogP contribution in [-0.2, 0) is 14.6 Å². The molecule has 0 aliphatic carbocycles. The van der Waals surface area contributed by atoms with Gasteiger partial charge in [0.05, 0.1) is 20.0 Å². The summed E-state index contributed by atoms with van der Waals surface area (Å²) < 4.78 is 23.9. The van der Waals surface area contributed by atoms with Crippen LogP contribution in [0.3, 0.4) is 0 Å². The molecule has 146 valence electrons. The summed E-state index contributed by atoms with van der Waals surface area (Å²) in [5.74, 6) is -0.312. The molecule has 0 radical (unpaired) electrons. The van der Waals surface area contributed by atoms with Crippen LogP contribution in [0.5, 0.6) is 0 Å². The molecule has 1 heterocycles. The number of rotatable bonds is 7. The van der Waals surface area contributed by atoms with E-state index in [0.29, 0.717) is 21.0 Å². The zero-order valence-electron chi connectivity index (χ0n) is 14.7. The number of nitro benzene ring substituents is 1. The topological polar surface area (TPSA) is 131 Å². The second-order valence-corrected chi connectivity index (χ2v) is 8.97. The first-order valence-corrected chi connectivity index (χ1v) is 10.8. The van der Waals surface area contributed by atoms with Gasteiger partial charge >= 0.3 is 0 Å². The lowest BCUT2D eigenvalue weighted by molar-refractivity contribution is -0.384. The molecule has 0 saturated heterocycles. The van der Waals surface area contributed by atoms with Crippen molar-refractivity contribution in [1.82, 2.24) is 4.98 Å². The van der Waals surface area contributed by atoms with Gasteiger partial charge in [0.2, 0.25) is 5.91 Å². The molecule has 2 N–H and O–H groups in total. The highest BCUT2D eigenvalue weighted by molar-refractivity contribution is 7.90. The van der Waals surface area contributed by atoms with Gasteiger partial charge in [0.1, 0.15) is 5.69 Å². The highest BCUT2D eigenvalue weighted by atomic mass is 32.2. The van der Waals surface area contributed by atoms with Crippen LogP contribution >= 0.6 is 11.3 Å². The van der Waals surface area contributed by atoms with E-state index in [1.807, 2.05) is 0 Å². The van der Waals surface area contributed by atoms with Gasteiger partial charge in [-0.2, -0.15) is 0 Å². The summed E-state index contributed by atoms with van der Waals surface area (Å²) in [7, 11) is -3.32. The van der Waals surface area contributed by atoms with E-state index in [1.165, 1.54) is 29.5 Å². The van der Waals surface area contributed by atoms with Crippen molar-refractivity contribution in [2.24, 2.45) is 0 Å². The molecule has 0 saturated carbocycles. The number of nitro groups is 1. The van der Waals surface area contributed by atoms with E-state index in [2.05, 4.69) is 15.6 Å². The Kier molecular flexibility index (Phi) is 5.56. The highest BCUT2D eigenvalue weighted by Gasteiger charge is 2.14. The van der Waals surface area contributed by atoms with E-state index in [4.69, 9.17) is 0 Å². The van der Waals surface area contributed by atoms with Gasteiger partial charge in [-0.15, -0.1) is 0 Å². The van der Waals surface area contributed by atoms with Crippen LogP contribution in [0.2, 0.25) is 0 Å². The van der Waals surface area contributed by atoms with Gasteiger partial charge in [-0.05, 0) is 24.3 Å². The van der Waals surface area contributed by atoms with Gasteiger partial charge in [-0.3, -0.25) is 14.9 Å². The van der Waals surface area contributed by atoms with Gasteiger partial charge in [-0.1, -0.05) is 23.5 Å². The summed E-state index contributed by atoms with van der Waals surface area (Å²) in [6.07, 6.45) is 1.21. The lowest BCUT2D eigenvalue weighted by atomic mass is 10.2. The van der Waals surface area contributed by atoms with Crippen molar-refractivity contribution in [3.63, 3.8) is 0 Å². The van der Waals surface area contributed by atoms with Crippen molar-refractivity contribution in [3.05, 3.63) is 52.6 Å². The lowest BCUT2D eigenvalue weighted by Gasteiger charge is -2.06. The van der Waals surface area contributed by atoms with Crippen LogP contribution in [0.25, 0.3) is 10.2 Å². The maximum Gasteiger partial charge on any atom is 0.292 e. The molecule has 2 aromatic carbocycles. The number of sulfone groups is 1. The predicted octanol–water partition coefficient (Wildman–Crippen LogP) is 3.05. The Bertz CT molecular complexity index is 1160. The number of anilines is 2. The average Bonchev–Trinajstić information content (AvgIpc) is 3.02. The predicted molar refractivity (Wildman–Crippen MR) is 108 cm³/mol. The van der Waals surface area contributed by atoms with Gasteiger partial charge < -0.3 is 10.6 Å². The summed E-state index contributed by atoms with van der Waals surface area (Å²) in [6.45, 7) is 0.208. The van der Waals surface area contributed by atoms with E-state index in [0.717, 1.165) is 6.26 Å². The first-order valence-electron chi connectivity index (χ1n) is 8.12. The van der Waals surface area contributed by atoms with Crippen LogP contribution < -0.4 is 10.6 Å². The van der Waals surface area contributed by atoms with Gasteiger partial charge in [0, 0.05) is 25.3 Å². The zero-order chi connectivity index (χ0) is 20.3. The number of nitrogens with one attached hydrogen (secondary N) is 2. The number of para-hydroxylation sites is 2. The normalized spacial score (nSPS) is 11.3. The van der Waals surface area contributed by atoms with Crippen molar-refractivity contribution in [2.45, 2.75) is 11.3 Å². The molecular weight excluding hydrogens is 404 g/mol. The van der Waals surface area contributed by atoms with Gasteiger partial charge in [0.15, 0.2) is 15.0 Å². The van der Waals surface area contributed by atoms with Crippen LogP contribution in [0.15, 0.2) is 47.4 Å². The number of hydrogen-bond acceptors (Lipinski definition) is 8. The Morgan fingerprint density at radius 2 is 2.00 bits per heavy atom. The third-order valence-corrected chi connectivity index (χ3v) is 5.85. The molecule has 9 nitrogen and oxygen atoms in total. The third kappa shape index (κ3) is 4.61. The van der Waals surface area contributed by atoms with Crippen molar-refractivity contribution < 1.29 is 18.1 Å². The summed E-state index contributed by atoms with van der Waals surface area (Å²) >= 11 is 1.17. The largest absolute Gasteiger partial charge is 0.379 e. The van der Waals surface area contributed by atoms with Gasteiger partial charge in [-0.25, -0.2) is 13.4 Å². The lowest BCUT2D eigenvalue weighted by Crippen LogP contribution is -2.16. The Hall–Kier alpha value is -3.05. The van der Waals surface area contributed by atoms with Crippen molar-refractivity contribution in [2.75, 3.05) is 23.4 Å². The summed E-state index contributed by atoms with van der Waals surface area (Å²) in [6, 6.07) is 10.8. The summed E-state index contributed by atoms with van der Waals surface area (Å²) in [5.41, 5.74) is 0.870. The van der Waals surface area contributed by atoms with E-state index >= 15 is 0 Å². The van der Waals surface area contributed by atoms with Crippen molar-refractivity contribution in [3.8, 4) is 0 Å². The average molecular weight is 420 g/mol. The number of carbonyl (C=O) groups excluding carboxylic acids is 1.